The summed E-state index contributed by atoms with van der Waals surface area (Å²) in [5.74, 6) is 0. The molecule has 0 aromatic heterocycles. The van der Waals surface area contributed by atoms with Crippen LogP contribution in [0.2, 0.25) is 0 Å². The van der Waals surface area contributed by atoms with Crippen LogP contribution in [0, 0.1) is 0 Å². The molecule has 98 valence electrons. The number of benzene rings is 2. The van der Waals surface area contributed by atoms with Crippen LogP contribution >= 0.6 is 31.9 Å². The van der Waals surface area contributed by atoms with Gasteiger partial charge in [-0.15, -0.1) is 0 Å². The minimum atomic E-state index is -0.442. The van der Waals surface area contributed by atoms with Gasteiger partial charge < -0.3 is 5.11 Å². The molecule has 0 aliphatic heterocycles. The Hall–Kier alpha value is -0.640. The lowest BCUT2D eigenvalue weighted by molar-refractivity contribution is 0.132. The van der Waals surface area contributed by atoms with Crippen LogP contribution in [0.15, 0.2) is 45.3 Å². The molecule has 1 aliphatic rings. The molecule has 0 saturated carbocycles. The van der Waals surface area contributed by atoms with Gasteiger partial charge in [0.05, 0.1) is 6.10 Å². The van der Waals surface area contributed by atoms with E-state index in [1.807, 2.05) is 13.0 Å². The van der Waals surface area contributed by atoms with E-state index in [0.717, 1.165) is 8.95 Å². The van der Waals surface area contributed by atoms with Gasteiger partial charge in [-0.2, -0.15) is 0 Å². The van der Waals surface area contributed by atoms with Crippen LogP contribution in [0.4, 0.5) is 0 Å². The first-order valence-corrected chi connectivity index (χ1v) is 7.81. The quantitative estimate of drug-likeness (QED) is 0.746. The lowest BCUT2D eigenvalue weighted by atomic mass is 9.76. The van der Waals surface area contributed by atoms with Crippen molar-refractivity contribution >= 4 is 31.9 Å². The Balaban J connectivity index is 2.39. The summed E-state index contributed by atoms with van der Waals surface area (Å²) < 4.78 is 2.11. The Morgan fingerprint density at radius 2 is 1.58 bits per heavy atom. The molecule has 0 bridgehead atoms. The Kier molecular flexibility index (Phi) is 3.12. The summed E-state index contributed by atoms with van der Waals surface area (Å²) in [6.45, 7) is 3.98. The van der Waals surface area contributed by atoms with E-state index in [1.165, 1.54) is 22.3 Å². The van der Waals surface area contributed by atoms with Gasteiger partial charge in [-0.25, -0.2) is 0 Å². The molecule has 1 aliphatic carbocycles. The number of hydrogen-bond donors (Lipinski definition) is 1. The highest BCUT2D eigenvalue weighted by Crippen LogP contribution is 2.51. The van der Waals surface area contributed by atoms with Gasteiger partial charge in [0.1, 0.15) is 0 Å². The normalized spacial score (nSPS) is 21.9. The first kappa shape index (κ1) is 13.3. The number of rotatable bonds is 1. The Labute approximate surface area is 129 Å². The molecule has 2 atom stereocenters. The summed E-state index contributed by atoms with van der Waals surface area (Å²) in [5.41, 5.74) is 4.45. The molecule has 3 heteroatoms. The van der Waals surface area contributed by atoms with E-state index in [4.69, 9.17) is 0 Å². The van der Waals surface area contributed by atoms with Crippen LogP contribution < -0.4 is 0 Å². The minimum absolute atomic E-state index is 0.352. The molecule has 0 saturated heterocycles. The molecule has 1 nitrogen and oxygen atoms in total. The molecule has 0 spiro atoms. The SMILES string of the molecule is CC(O)C1(C)c2ccc(Br)cc2-c2ccc(Br)cc21. The third kappa shape index (κ3) is 1.83. The fraction of sp³-hybridized carbons (Fsp3) is 0.250. The van der Waals surface area contributed by atoms with Gasteiger partial charge in [-0.05, 0) is 60.4 Å². The molecule has 0 amide bonds. The van der Waals surface area contributed by atoms with E-state index in [1.54, 1.807) is 0 Å². The zero-order chi connectivity index (χ0) is 13.8. The summed E-state index contributed by atoms with van der Waals surface area (Å²) in [6, 6.07) is 12.6. The van der Waals surface area contributed by atoms with Crippen LogP contribution in [0.1, 0.15) is 25.0 Å². The monoisotopic (exact) mass is 380 g/mol. The van der Waals surface area contributed by atoms with Crippen molar-refractivity contribution in [1.82, 2.24) is 0 Å². The van der Waals surface area contributed by atoms with Crippen molar-refractivity contribution in [2.45, 2.75) is 25.4 Å². The maximum Gasteiger partial charge on any atom is 0.0647 e. The van der Waals surface area contributed by atoms with Crippen molar-refractivity contribution in [3.05, 3.63) is 56.5 Å². The van der Waals surface area contributed by atoms with Gasteiger partial charge in [-0.3, -0.25) is 0 Å². The molecule has 1 N–H and O–H groups in total. The van der Waals surface area contributed by atoms with Gasteiger partial charge in [-0.1, -0.05) is 44.0 Å². The summed E-state index contributed by atoms with van der Waals surface area (Å²) in [7, 11) is 0. The molecule has 19 heavy (non-hydrogen) atoms. The Morgan fingerprint density at radius 3 is 2.26 bits per heavy atom. The van der Waals surface area contributed by atoms with Crippen LogP contribution in [0.25, 0.3) is 11.1 Å². The number of halogens is 2. The highest BCUT2D eigenvalue weighted by Gasteiger charge is 2.42. The average molecular weight is 382 g/mol. The average Bonchev–Trinajstić information content (AvgIpc) is 2.60. The predicted octanol–water partition coefficient (Wildman–Crippen LogP) is 4.88. The molecule has 2 aromatic rings. The van der Waals surface area contributed by atoms with Crippen molar-refractivity contribution in [1.29, 1.82) is 0 Å². The van der Waals surface area contributed by atoms with Gasteiger partial charge in [0.25, 0.3) is 0 Å². The summed E-state index contributed by atoms with van der Waals surface area (Å²) in [5, 5.41) is 10.3. The standard InChI is InChI=1S/C16H14Br2O/c1-9(19)16(2)14-6-4-10(17)7-13(14)12-5-3-11(18)8-15(12)16/h3-9,19H,1-2H3. The number of aliphatic hydroxyl groups excluding tert-OH is 1. The highest BCUT2D eigenvalue weighted by molar-refractivity contribution is 9.10. The molecule has 3 rings (SSSR count). The lowest BCUT2D eigenvalue weighted by Gasteiger charge is -2.30. The van der Waals surface area contributed by atoms with Crippen molar-refractivity contribution in [3.63, 3.8) is 0 Å². The second-order valence-corrected chi connectivity index (χ2v) is 7.09. The van der Waals surface area contributed by atoms with Gasteiger partial charge in [0.2, 0.25) is 0 Å². The van der Waals surface area contributed by atoms with Crippen molar-refractivity contribution in [2.75, 3.05) is 0 Å². The lowest BCUT2D eigenvalue weighted by Crippen LogP contribution is -2.33. The molecule has 2 unspecified atom stereocenters. The van der Waals surface area contributed by atoms with Gasteiger partial charge in [0, 0.05) is 14.4 Å². The number of hydrogen-bond acceptors (Lipinski definition) is 1. The third-order valence-electron chi connectivity index (χ3n) is 4.21. The first-order chi connectivity index (χ1) is 8.94. The smallest absolute Gasteiger partial charge is 0.0647 e. The van der Waals surface area contributed by atoms with Crippen LogP contribution in [0.3, 0.4) is 0 Å². The molecular weight excluding hydrogens is 368 g/mol. The van der Waals surface area contributed by atoms with Crippen molar-refractivity contribution < 1.29 is 5.11 Å². The van der Waals surface area contributed by atoms with Crippen molar-refractivity contribution in [3.8, 4) is 11.1 Å². The summed E-state index contributed by atoms with van der Waals surface area (Å²) in [4.78, 5) is 0. The second-order valence-electron chi connectivity index (χ2n) is 5.26. The van der Waals surface area contributed by atoms with E-state index in [0.29, 0.717) is 0 Å². The predicted molar refractivity (Wildman–Crippen MR) is 85.4 cm³/mol. The maximum absolute atomic E-state index is 10.3. The molecule has 0 fully saturated rings. The van der Waals surface area contributed by atoms with E-state index >= 15 is 0 Å². The second kappa shape index (κ2) is 4.44. The summed E-state index contributed by atoms with van der Waals surface area (Å²) in [6.07, 6.45) is -0.442. The molecular formula is C16H14Br2O. The first-order valence-electron chi connectivity index (χ1n) is 6.23. The van der Waals surface area contributed by atoms with Crippen molar-refractivity contribution in [2.24, 2.45) is 0 Å². The molecule has 0 heterocycles. The van der Waals surface area contributed by atoms with Crippen LogP contribution in [-0.4, -0.2) is 11.2 Å². The van der Waals surface area contributed by atoms with Gasteiger partial charge >= 0.3 is 0 Å². The topological polar surface area (TPSA) is 20.2 Å². The number of fused-ring (bicyclic) bond motifs is 3. The van der Waals surface area contributed by atoms with E-state index in [9.17, 15) is 5.11 Å². The van der Waals surface area contributed by atoms with E-state index in [-0.39, 0.29) is 5.41 Å². The fourth-order valence-corrected chi connectivity index (χ4v) is 3.69. The fourth-order valence-electron chi connectivity index (χ4n) is 2.97. The van der Waals surface area contributed by atoms with Crippen LogP contribution in [0.5, 0.6) is 0 Å². The summed E-state index contributed by atoms with van der Waals surface area (Å²) >= 11 is 7.07. The zero-order valence-corrected chi connectivity index (χ0v) is 13.9. The maximum atomic E-state index is 10.3. The van der Waals surface area contributed by atoms with Crippen LogP contribution in [-0.2, 0) is 5.41 Å². The van der Waals surface area contributed by atoms with E-state index in [2.05, 4.69) is 69.1 Å². The Morgan fingerprint density at radius 1 is 0.947 bits per heavy atom. The number of aliphatic hydroxyl groups is 1. The van der Waals surface area contributed by atoms with Gasteiger partial charge in [0.15, 0.2) is 0 Å². The zero-order valence-electron chi connectivity index (χ0n) is 10.7. The highest BCUT2D eigenvalue weighted by atomic mass is 79.9. The Bertz CT molecular complexity index is 664. The van der Waals surface area contributed by atoms with E-state index < -0.39 is 6.10 Å². The molecule has 0 radical (unpaired) electrons. The molecule has 2 aromatic carbocycles. The third-order valence-corrected chi connectivity index (χ3v) is 5.19. The largest absolute Gasteiger partial charge is 0.392 e. The minimum Gasteiger partial charge on any atom is -0.392 e.